The number of anilines is 1. The second-order valence-corrected chi connectivity index (χ2v) is 7.22. The zero-order valence-corrected chi connectivity index (χ0v) is 17.6. The Balaban J connectivity index is 1.81. The first-order chi connectivity index (χ1) is 13.8. The summed E-state index contributed by atoms with van der Waals surface area (Å²) in [5.41, 5.74) is 0.671. The lowest BCUT2D eigenvalue weighted by atomic mass is 9.96. The van der Waals surface area contributed by atoms with Crippen molar-refractivity contribution < 1.29 is 23.9 Å². The molecule has 1 aromatic rings. The van der Waals surface area contributed by atoms with Gasteiger partial charge in [0.15, 0.2) is 0 Å². The van der Waals surface area contributed by atoms with Crippen LogP contribution in [0.3, 0.4) is 0 Å². The van der Waals surface area contributed by atoms with Crippen LogP contribution in [0.4, 0.5) is 5.69 Å². The minimum atomic E-state index is -0.434. The lowest BCUT2D eigenvalue weighted by Crippen LogP contribution is -2.50. The minimum Gasteiger partial charge on any atom is -0.497 e. The summed E-state index contributed by atoms with van der Waals surface area (Å²) in [6.45, 7) is 5.10. The number of benzene rings is 1. The van der Waals surface area contributed by atoms with Crippen molar-refractivity contribution in [3.63, 3.8) is 0 Å². The summed E-state index contributed by atoms with van der Waals surface area (Å²) in [6.07, 6.45) is 1.22. The molecule has 0 unspecified atom stereocenters. The Morgan fingerprint density at radius 3 is 2.38 bits per heavy atom. The van der Waals surface area contributed by atoms with Crippen molar-refractivity contribution in [3.8, 4) is 5.75 Å². The van der Waals surface area contributed by atoms with E-state index in [1.165, 1.54) is 0 Å². The van der Waals surface area contributed by atoms with E-state index in [2.05, 4.69) is 5.32 Å². The van der Waals surface area contributed by atoms with Crippen molar-refractivity contribution in [2.45, 2.75) is 32.7 Å². The number of likely N-dealkylation sites (tertiary alicyclic amines) is 1. The molecule has 8 nitrogen and oxygen atoms in total. The summed E-state index contributed by atoms with van der Waals surface area (Å²) >= 11 is 0. The van der Waals surface area contributed by atoms with Crippen molar-refractivity contribution in [1.82, 2.24) is 9.80 Å². The largest absolute Gasteiger partial charge is 0.497 e. The highest BCUT2D eigenvalue weighted by molar-refractivity contribution is 5.93. The number of carbonyl (C=O) groups is 3. The summed E-state index contributed by atoms with van der Waals surface area (Å²) < 4.78 is 10.2. The number of methoxy groups -OCH3 is 1. The third-order valence-corrected chi connectivity index (χ3v) is 5.21. The molecule has 1 atom stereocenters. The van der Waals surface area contributed by atoms with Gasteiger partial charge in [0.25, 0.3) is 0 Å². The minimum absolute atomic E-state index is 0.0351. The second-order valence-electron chi connectivity index (χ2n) is 7.22. The first kappa shape index (κ1) is 22.7. The average Bonchev–Trinajstić information content (AvgIpc) is 2.73. The second kappa shape index (κ2) is 10.8. The number of nitrogens with zero attached hydrogens (tertiary/aromatic N) is 2. The highest BCUT2D eigenvalue weighted by Gasteiger charge is 2.31. The van der Waals surface area contributed by atoms with E-state index in [0.29, 0.717) is 44.0 Å². The molecular formula is C21H31N3O5. The number of amides is 2. The molecule has 0 bridgehead atoms. The summed E-state index contributed by atoms with van der Waals surface area (Å²) in [5.74, 6) is 0.165. The van der Waals surface area contributed by atoms with Gasteiger partial charge in [-0.25, -0.2) is 0 Å². The fourth-order valence-electron chi connectivity index (χ4n) is 3.29. The van der Waals surface area contributed by atoms with Gasteiger partial charge in [-0.2, -0.15) is 0 Å². The van der Waals surface area contributed by atoms with Gasteiger partial charge in [-0.1, -0.05) is 0 Å². The predicted molar refractivity (Wildman–Crippen MR) is 110 cm³/mol. The molecule has 0 aromatic heterocycles. The number of hydrogen-bond donors (Lipinski definition) is 1. The SMILES string of the molecule is CCOC(=O)C1CCN(C(=O)[C@H](C)N(C)CC(=O)Nc2ccc(OC)cc2)CC1. The van der Waals surface area contributed by atoms with Crippen molar-refractivity contribution in [2.75, 3.05) is 45.7 Å². The van der Waals surface area contributed by atoms with E-state index in [-0.39, 0.29) is 30.2 Å². The fraction of sp³-hybridized carbons (Fsp3) is 0.571. The van der Waals surface area contributed by atoms with Crippen molar-refractivity contribution >= 4 is 23.5 Å². The van der Waals surface area contributed by atoms with E-state index in [4.69, 9.17) is 9.47 Å². The lowest BCUT2D eigenvalue weighted by molar-refractivity contribution is -0.152. The highest BCUT2D eigenvalue weighted by atomic mass is 16.5. The Morgan fingerprint density at radius 2 is 1.83 bits per heavy atom. The number of likely N-dealkylation sites (N-methyl/N-ethyl adjacent to an activating group) is 1. The van der Waals surface area contributed by atoms with Gasteiger partial charge < -0.3 is 19.7 Å². The Kier molecular flexibility index (Phi) is 8.45. The first-order valence-corrected chi connectivity index (χ1v) is 9.95. The standard InChI is InChI=1S/C21H31N3O5/c1-5-29-21(27)16-10-12-24(13-11-16)20(26)15(2)23(3)14-19(25)22-17-6-8-18(28-4)9-7-17/h6-9,15-16H,5,10-14H2,1-4H3,(H,22,25)/t15-/m0/s1. The van der Waals surface area contributed by atoms with E-state index < -0.39 is 6.04 Å². The van der Waals surface area contributed by atoms with Gasteiger partial charge >= 0.3 is 5.97 Å². The van der Waals surface area contributed by atoms with Crippen LogP contribution in [0.25, 0.3) is 0 Å². The molecule has 160 valence electrons. The van der Waals surface area contributed by atoms with Crippen molar-refractivity contribution in [1.29, 1.82) is 0 Å². The molecule has 2 amide bonds. The molecule has 1 aliphatic heterocycles. The third kappa shape index (κ3) is 6.45. The normalized spacial score (nSPS) is 15.7. The number of esters is 1. The Hall–Kier alpha value is -2.61. The van der Waals surface area contributed by atoms with E-state index in [1.807, 2.05) is 0 Å². The van der Waals surface area contributed by atoms with E-state index in [0.717, 1.165) is 0 Å². The van der Waals surface area contributed by atoms with Gasteiger partial charge in [0, 0.05) is 18.8 Å². The summed E-state index contributed by atoms with van der Waals surface area (Å²) in [6, 6.07) is 6.63. The summed E-state index contributed by atoms with van der Waals surface area (Å²) in [5, 5.41) is 2.82. The summed E-state index contributed by atoms with van der Waals surface area (Å²) in [4.78, 5) is 40.4. The Labute approximate surface area is 172 Å². The number of hydrogen-bond acceptors (Lipinski definition) is 6. The molecule has 1 heterocycles. The Bertz CT molecular complexity index is 699. The number of carbonyl (C=O) groups excluding carboxylic acids is 3. The van der Waals surface area contributed by atoms with Gasteiger partial charge in [-0.15, -0.1) is 0 Å². The molecule has 1 N–H and O–H groups in total. The number of nitrogens with one attached hydrogen (secondary N) is 1. The molecule has 0 radical (unpaired) electrons. The molecule has 0 saturated carbocycles. The Morgan fingerprint density at radius 1 is 1.21 bits per heavy atom. The van der Waals surface area contributed by atoms with Crippen molar-refractivity contribution in [3.05, 3.63) is 24.3 Å². The maximum Gasteiger partial charge on any atom is 0.309 e. The summed E-state index contributed by atoms with van der Waals surface area (Å²) in [7, 11) is 3.34. The first-order valence-electron chi connectivity index (χ1n) is 9.95. The topological polar surface area (TPSA) is 88.2 Å². The molecule has 1 aromatic carbocycles. The number of rotatable bonds is 8. The quantitative estimate of drug-likeness (QED) is 0.663. The van der Waals surface area contributed by atoms with Crippen molar-refractivity contribution in [2.24, 2.45) is 5.92 Å². The smallest absolute Gasteiger partial charge is 0.309 e. The molecule has 1 saturated heterocycles. The molecule has 29 heavy (non-hydrogen) atoms. The molecule has 1 fully saturated rings. The lowest BCUT2D eigenvalue weighted by Gasteiger charge is -2.34. The molecule has 8 heteroatoms. The highest BCUT2D eigenvalue weighted by Crippen LogP contribution is 2.20. The maximum absolute atomic E-state index is 12.8. The van der Waals surface area contributed by atoms with Gasteiger partial charge in [0.05, 0.1) is 32.2 Å². The third-order valence-electron chi connectivity index (χ3n) is 5.21. The zero-order chi connectivity index (χ0) is 21.4. The maximum atomic E-state index is 12.8. The fourth-order valence-corrected chi connectivity index (χ4v) is 3.29. The monoisotopic (exact) mass is 405 g/mol. The van der Waals surface area contributed by atoms with E-state index in [1.54, 1.807) is 62.1 Å². The van der Waals surface area contributed by atoms with Gasteiger partial charge in [-0.3, -0.25) is 19.3 Å². The zero-order valence-electron chi connectivity index (χ0n) is 17.6. The van der Waals surface area contributed by atoms with Crippen LogP contribution in [0.2, 0.25) is 0 Å². The van der Waals surface area contributed by atoms with Gasteiger partial charge in [0.2, 0.25) is 11.8 Å². The molecule has 0 spiro atoms. The molecular weight excluding hydrogens is 374 g/mol. The van der Waals surface area contributed by atoms with Crippen LogP contribution in [0.5, 0.6) is 5.75 Å². The average molecular weight is 405 g/mol. The predicted octanol–water partition coefficient (Wildman–Crippen LogP) is 1.76. The molecule has 2 rings (SSSR count). The van der Waals surface area contributed by atoms with E-state index >= 15 is 0 Å². The van der Waals surface area contributed by atoms with E-state index in [9.17, 15) is 14.4 Å². The van der Waals surface area contributed by atoms with Gasteiger partial charge in [0.1, 0.15) is 5.75 Å². The van der Waals surface area contributed by atoms with Crippen LogP contribution in [-0.2, 0) is 19.1 Å². The van der Waals surface area contributed by atoms with Crippen LogP contribution in [0.1, 0.15) is 26.7 Å². The van der Waals surface area contributed by atoms with Crippen LogP contribution in [0, 0.1) is 5.92 Å². The van der Waals surface area contributed by atoms with Gasteiger partial charge in [-0.05, 0) is 58.0 Å². The van der Waals surface area contributed by atoms with Crippen LogP contribution in [0.15, 0.2) is 24.3 Å². The van der Waals surface area contributed by atoms with Crippen LogP contribution in [-0.4, -0.2) is 74.0 Å². The molecule has 0 aliphatic carbocycles. The number of ether oxygens (including phenoxy) is 2. The van der Waals surface area contributed by atoms with Crippen LogP contribution < -0.4 is 10.1 Å². The van der Waals surface area contributed by atoms with Crippen LogP contribution >= 0.6 is 0 Å². The molecule has 1 aliphatic rings. The number of piperidine rings is 1.